The first-order valence-corrected chi connectivity index (χ1v) is 8.87. The number of allylic oxidation sites excluding steroid dienone is 2. The Balaban J connectivity index is 1.46. The van der Waals surface area contributed by atoms with Crippen LogP contribution in [0.25, 0.3) is 5.57 Å². The molecule has 2 aromatic carbocycles. The fourth-order valence-electron chi connectivity index (χ4n) is 3.16. The van der Waals surface area contributed by atoms with Gasteiger partial charge in [0, 0.05) is 6.61 Å². The van der Waals surface area contributed by atoms with Crippen molar-refractivity contribution in [1.29, 1.82) is 0 Å². The highest BCUT2D eigenvalue weighted by atomic mass is 35.5. The molecule has 1 unspecified atom stereocenters. The zero-order valence-electron chi connectivity index (χ0n) is 13.7. The topological polar surface area (TPSA) is 9.23 Å². The molecule has 1 nitrogen and oxygen atoms in total. The molecule has 3 heteroatoms. The van der Waals surface area contributed by atoms with Crippen LogP contribution in [0.3, 0.4) is 0 Å². The van der Waals surface area contributed by atoms with E-state index in [-0.39, 0.29) is 10.8 Å². The highest BCUT2D eigenvalue weighted by Gasteiger charge is 2.18. The Morgan fingerprint density at radius 1 is 1.08 bits per heavy atom. The van der Waals surface area contributed by atoms with Crippen molar-refractivity contribution in [2.75, 3.05) is 6.61 Å². The lowest BCUT2D eigenvalue weighted by Gasteiger charge is -2.22. The predicted octanol–water partition coefficient (Wildman–Crippen LogP) is 6.27. The van der Waals surface area contributed by atoms with Gasteiger partial charge in [0.1, 0.15) is 5.82 Å². The van der Waals surface area contributed by atoms with E-state index < -0.39 is 0 Å². The van der Waals surface area contributed by atoms with Crippen LogP contribution in [-0.4, -0.2) is 6.61 Å². The molecule has 0 bridgehead atoms. The predicted molar refractivity (Wildman–Crippen MR) is 97.4 cm³/mol. The van der Waals surface area contributed by atoms with Gasteiger partial charge in [-0.05, 0) is 54.4 Å². The van der Waals surface area contributed by atoms with Crippen LogP contribution in [-0.2, 0) is 11.3 Å². The number of hydrogen-bond donors (Lipinski definition) is 0. The summed E-state index contributed by atoms with van der Waals surface area (Å²) in [6.45, 7) is 1.46. The molecule has 24 heavy (non-hydrogen) atoms. The Labute approximate surface area is 148 Å². The van der Waals surface area contributed by atoms with Crippen LogP contribution < -0.4 is 0 Å². The fourth-order valence-corrected chi connectivity index (χ4v) is 3.41. The van der Waals surface area contributed by atoms with Crippen LogP contribution in [0.15, 0.2) is 54.6 Å². The smallest absolute Gasteiger partial charge is 0.142 e. The van der Waals surface area contributed by atoms with Crippen molar-refractivity contribution in [3.05, 3.63) is 76.6 Å². The summed E-state index contributed by atoms with van der Waals surface area (Å²) in [5.41, 5.74) is 3.22. The minimum atomic E-state index is -0.341. The van der Waals surface area contributed by atoms with Crippen molar-refractivity contribution in [2.45, 2.75) is 32.3 Å². The Morgan fingerprint density at radius 2 is 1.92 bits per heavy atom. The zero-order chi connectivity index (χ0) is 16.8. The number of ether oxygens (including phenoxy) is 1. The minimum Gasteiger partial charge on any atom is -0.377 e. The average molecular weight is 345 g/mol. The summed E-state index contributed by atoms with van der Waals surface area (Å²) < 4.78 is 19.4. The van der Waals surface area contributed by atoms with E-state index in [4.69, 9.17) is 16.3 Å². The van der Waals surface area contributed by atoms with E-state index in [9.17, 15) is 4.39 Å². The van der Waals surface area contributed by atoms with Crippen LogP contribution in [0.4, 0.5) is 4.39 Å². The van der Waals surface area contributed by atoms with Crippen LogP contribution in [0.1, 0.15) is 36.8 Å². The van der Waals surface area contributed by atoms with Crippen molar-refractivity contribution >= 4 is 17.2 Å². The highest BCUT2D eigenvalue weighted by molar-refractivity contribution is 6.32. The van der Waals surface area contributed by atoms with Gasteiger partial charge in [0.25, 0.3) is 0 Å². The summed E-state index contributed by atoms with van der Waals surface area (Å²) in [7, 11) is 0. The molecule has 0 amide bonds. The lowest BCUT2D eigenvalue weighted by Crippen LogP contribution is -2.09. The van der Waals surface area contributed by atoms with Gasteiger partial charge in [0.05, 0.1) is 11.6 Å². The largest absolute Gasteiger partial charge is 0.377 e. The summed E-state index contributed by atoms with van der Waals surface area (Å²) in [5.74, 6) is 0.295. The molecule has 0 aromatic heterocycles. The molecule has 0 heterocycles. The lowest BCUT2D eigenvalue weighted by molar-refractivity contribution is 0.106. The molecule has 1 aliphatic carbocycles. The first kappa shape index (κ1) is 17.2. The van der Waals surface area contributed by atoms with Gasteiger partial charge in [0.2, 0.25) is 0 Å². The van der Waals surface area contributed by atoms with Crippen molar-refractivity contribution in [2.24, 2.45) is 5.92 Å². The fraction of sp³-hybridized carbons (Fsp3) is 0.333. The maximum Gasteiger partial charge on any atom is 0.142 e. The Hall–Kier alpha value is -1.64. The van der Waals surface area contributed by atoms with Crippen LogP contribution in [0.2, 0.25) is 5.02 Å². The standard InChI is InChI=1S/C21H22ClFO/c22-21-19(7-4-8-20(21)23)18-11-9-16(10-12-18)13-14-24-15-17-5-2-1-3-6-17/h1-8,11,16H,9-10,12-15H2. The minimum absolute atomic E-state index is 0.244. The van der Waals surface area contributed by atoms with E-state index in [2.05, 4.69) is 18.2 Å². The SMILES string of the molecule is Fc1cccc(C2=CCC(CCOCc3ccccc3)CC2)c1Cl. The quantitative estimate of drug-likeness (QED) is 0.561. The molecule has 1 aliphatic rings. The third-order valence-electron chi connectivity index (χ3n) is 4.60. The maximum atomic E-state index is 13.6. The van der Waals surface area contributed by atoms with Gasteiger partial charge in [-0.25, -0.2) is 4.39 Å². The van der Waals surface area contributed by atoms with Gasteiger partial charge in [-0.3, -0.25) is 0 Å². The number of rotatable bonds is 6. The van der Waals surface area contributed by atoms with Gasteiger partial charge >= 0.3 is 0 Å². The van der Waals surface area contributed by atoms with Gasteiger partial charge in [-0.2, -0.15) is 0 Å². The van der Waals surface area contributed by atoms with E-state index in [1.165, 1.54) is 17.2 Å². The molecule has 0 aliphatic heterocycles. The van der Waals surface area contributed by atoms with Gasteiger partial charge in [-0.15, -0.1) is 0 Å². The molecule has 0 fully saturated rings. The van der Waals surface area contributed by atoms with E-state index in [1.807, 2.05) is 24.3 Å². The van der Waals surface area contributed by atoms with Gasteiger partial charge in [-0.1, -0.05) is 60.1 Å². The van der Waals surface area contributed by atoms with E-state index in [0.717, 1.165) is 37.9 Å². The lowest BCUT2D eigenvalue weighted by atomic mass is 9.85. The Bertz CT molecular complexity index is 696. The van der Waals surface area contributed by atoms with Gasteiger partial charge in [0.15, 0.2) is 0 Å². The van der Waals surface area contributed by atoms with E-state index in [1.54, 1.807) is 6.07 Å². The zero-order valence-corrected chi connectivity index (χ0v) is 14.4. The average Bonchev–Trinajstić information content (AvgIpc) is 2.63. The van der Waals surface area contributed by atoms with E-state index in [0.29, 0.717) is 12.5 Å². The highest BCUT2D eigenvalue weighted by Crippen LogP contribution is 2.35. The number of hydrogen-bond acceptors (Lipinski definition) is 1. The molecule has 2 aromatic rings. The van der Waals surface area contributed by atoms with Crippen molar-refractivity contribution in [1.82, 2.24) is 0 Å². The molecule has 0 saturated heterocycles. The maximum absolute atomic E-state index is 13.6. The van der Waals surface area contributed by atoms with Crippen molar-refractivity contribution in [3.8, 4) is 0 Å². The molecule has 126 valence electrons. The monoisotopic (exact) mass is 344 g/mol. The van der Waals surface area contributed by atoms with Crippen LogP contribution in [0, 0.1) is 11.7 Å². The normalized spacial score (nSPS) is 17.6. The summed E-state index contributed by atoms with van der Waals surface area (Å²) in [6.07, 6.45) is 6.34. The third-order valence-corrected chi connectivity index (χ3v) is 4.98. The Kier molecular flexibility index (Phi) is 6.06. The van der Waals surface area contributed by atoms with Crippen LogP contribution >= 0.6 is 11.6 Å². The van der Waals surface area contributed by atoms with Crippen LogP contribution in [0.5, 0.6) is 0 Å². The van der Waals surface area contributed by atoms with Gasteiger partial charge < -0.3 is 4.74 Å². The molecular weight excluding hydrogens is 323 g/mol. The molecule has 0 radical (unpaired) electrons. The second-order valence-electron chi connectivity index (χ2n) is 6.30. The third kappa shape index (κ3) is 4.46. The van der Waals surface area contributed by atoms with Crippen molar-refractivity contribution < 1.29 is 9.13 Å². The molecule has 3 rings (SSSR count). The Morgan fingerprint density at radius 3 is 2.67 bits per heavy atom. The molecule has 0 saturated carbocycles. The van der Waals surface area contributed by atoms with E-state index >= 15 is 0 Å². The molecule has 0 spiro atoms. The summed E-state index contributed by atoms with van der Waals surface area (Å²) in [4.78, 5) is 0. The first-order valence-electron chi connectivity index (χ1n) is 8.49. The second kappa shape index (κ2) is 8.46. The molecular formula is C21H22ClFO. The second-order valence-corrected chi connectivity index (χ2v) is 6.68. The molecule has 1 atom stereocenters. The summed E-state index contributed by atoms with van der Waals surface area (Å²) in [6, 6.07) is 15.3. The van der Waals surface area contributed by atoms with Crippen molar-refractivity contribution in [3.63, 3.8) is 0 Å². The number of halogens is 2. The summed E-state index contributed by atoms with van der Waals surface area (Å²) in [5, 5.41) is 0.244. The summed E-state index contributed by atoms with van der Waals surface area (Å²) >= 11 is 6.09. The molecule has 0 N–H and O–H groups in total. The number of benzene rings is 2. The first-order chi connectivity index (χ1) is 11.7.